The molecule has 0 aromatic carbocycles. The van der Waals surface area contributed by atoms with E-state index in [-0.39, 0.29) is 5.38 Å². The van der Waals surface area contributed by atoms with E-state index in [0.29, 0.717) is 5.15 Å². The Labute approximate surface area is 75.3 Å². The predicted molar refractivity (Wildman–Crippen MR) is 46.2 cm³/mol. The summed E-state index contributed by atoms with van der Waals surface area (Å²) in [6.07, 6.45) is 1.95. The molecule has 1 aromatic rings. The normalized spacial score (nSPS) is 21.8. The fourth-order valence-corrected chi connectivity index (χ4v) is 1.86. The molecule has 0 fully saturated rings. The maximum atomic E-state index is 6.01. The minimum atomic E-state index is 0.148. The third-order valence-corrected chi connectivity index (χ3v) is 2.61. The van der Waals surface area contributed by atoms with Crippen molar-refractivity contribution in [2.75, 3.05) is 0 Å². The van der Waals surface area contributed by atoms with E-state index in [4.69, 9.17) is 23.2 Å². The lowest BCUT2D eigenvalue weighted by Crippen LogP contribution is -1.87. The molecule has 0 N–H and O–H groups in total. The van der Waals surface area contributed by atoms with Gasteiger partial charge in [0.05, 0.1) is 5.38 Å². The Morgan fingerprint density at radius 1 is 1.45 bits per heavy atom. The van der Waals surface area contributed by atoms with Crippen LogP contribution in [0.4, 0.5) is 0 Å². The van der Waals surface area contributed by atoms with Crippen molar-refractivity contribution in [2.45, 2.75) is 18.2 Å². The molecule has 0 bridgehead atoms. The zero-order chi connectivity index (χ0) is 7.84. The van der Waals surface area contributed by atoms with Crippen LogP contribution >= 0.6 is 23.2 Å². The van der Waals surface area contributed by atoms with Gasteiger partial charge in [0.2, 0.25) is 0 Å². The van der Waals surface area contributed by atoms with Gasteiger partial charge in [-0.15, -0.1) is 11.6 Å². The smallest absolute Gasteiger partial charge is 0.129 e. The molecule has 0 spiro atoms. The summed E-state index contributed by atoms with van der Waals surface area (Å²) in [6, 6.07) is 3.76. The van der Waals surface area contributed by atoms with Crippen LogP contribution in [0.5, 0.6) is 0 Å². The Hall–Kier alpha value is -0.270. The Balaban J connectivity index is 2.50. The van der Waals surface area contributed by atoms with Gasteiger partial charge in [0.1, 0.15) is 5.15 Å². The van der Waals surface area contributed by atoms with Gasteiger partial charge in [0.25, 0.3) is 0 Å². The fraction of sp³-hybridized carbons (Fsp3) is 0.375. The summed E-state index contributed by atoms with van der Waals surface area (Å²) in [6.45, 7) is 0. The first-order chi connectivity index (χ1) is 5.27. The summed E-state index contributed by atoms with van der Waals surface area (Å²) in [5.41, 5.74) is 2.22. The van der Waals surface area contributed by atoms with Crippen LogP contribution in [0, 0.1) is 0 Å². The summed E-state index contributed by atoms with van der Waals surface area (Å²) in [7, 11) is 0. The maximum Gasteiger partial charge on any atom is 0.129 e. The number of rotatable bonds is 0. The van der Waals surface area contributed by atoms with E-state index in [2.05, 4.69) is 4.98 Å². The number of halogens is 2. The number of nitrogens with zero attached hydrogens (tertiary/aromatic N) is 1. The number of hydrogen-bond acceptors (Lipinski definition) is 1. The number of aromatic nitrogens is 1. The molecule has 2 rings (SSSR count). The predicted octanol–water partition coefficient (Wildman–Crippen LogP) is 2.96. The van der Waals surface area contributed by atoms with E-state index in [1.165, 1.54) is 0 Å². The zero-order valence-electron chi connectivity index (χ0n) is 5.85. The highest BCUT2D eigenvalue weighted by atomic mass is 35.5. The maximum absolute atomic E-state index is 6.01. The second-order valence-electron chi connectivity index (χ2n) is 2.68. The third-order valence-electron chi connectivity index (χ3n) is 1.95. The molecule has 1 aliphatic rings. The monoisotopic (exact) mass is 187 g/mol. The lowest BCUT2D eigenvalue weighted by atomic mass is 10.2. The summed E-state index contributed by atoms with van der Waals surface area (Å²) >= 11 is 11.7. The van der Waals surface area contributed by atoms with Gasteiger partial charge in [-0.3, -0.25) is 0 Å². The van der Waals surface area contributed by atoms with Crippen LogP contribution in [-0.4, -0.2) is 4.98 Å². The van der Waals surface area contributed by atoms with Crippen LogP contribution in [0.1, 0.15) is 23.1 Å². The number of fused-ring (bicyclic) bond motifs is 1. The van der Waals surface area contributed by atoms with Gasteiger partial charge in [0, 0.05) is 5.69 Å². The van der Waals surface area contributed by atoms with Crippen LogP contribution in [0.2, 0.25) is 5.15 Å². The molecule has 11 heavy (non-hydrogen) atoms. The standard InChI is InChI=1S/C8H7Cl2N/c9-6-2-3-7-5(6)1-4-8(10)11-7/h1,4,6H,2-3H2. The molecule has 0 saturated heterocycles. The molecule has 3 heteroatoms. The van der Waals surface area contributed by atoms with Gasteiger partial charge < -0.3 is 0 Å². The summed E-state index contributed by atoms with van der Waals surface area (Å²) in [5.74, 6) is 0. The van der Waals surface area contributed by atoms with E-state index < -0.39 is 0 Å². The lowest BCUT2D eigenvalue weighted by Gasteiger charge is -2.00. The first kappa shape index (κ1) is 7.38. The van der Waals surface area contributed by atoms with Crippen LogP contribution in [0.15, 0.2) is 12.1 Å². The Morgan fingerprint density at radius 2 is 2.27 bits per heavy atom. The molecule has 0 amide bonds. The molecule has 1 aromatic heterocycles. The molecule has 0 aliphatic heterocycles. The molecule has 0 radical (unpaired) electrons. The number of aryl methyl sites for hydroxylation is 1. The highest BCUT2D eigenvalue weighted by Gasteiger charge is 2.21. The number of pyridine rings is 1. The average molecular weight is 188 g/mol. The third kappa shape index (κ3) is 1.23. The molecule has 1 unspecified atom stereocenters. The van der Waals surface area contributed by atoms with E-state index in [0.717, 1.165) is 24.1 Å². The Kier molecular flexibility index (Phi) is 1.78. The lowest BCUT2D eigenvalue weighted by molar-refractivity contribution is 0.873. The van der Waals surface area contributed by atoms with Gasteiger partial charge in [-0.25, -0.2) is 4.98 Å². The van der Waals surface area contributed by atoms with Crippen LogP contribution in [-0.2, 0) is 6.42 Å². The van der Waals surface area contributed by atoms with Crippen molar-refractivity contribution in [3.63, 3.8) is 0 Å². The van der Waals surface area contributed by atoms with Gasteiger partial charge in [0.15, 0.2) is 0 Å². The Bertz CT molecular complexity index is 285. The molecule has 1 aliphatic carbocycles. The SMILES string of the molecule is Clc1ccc2c(n1)CCC2Cl. The van der Waals surface area contributed by atoms with Gasteiger partial charge >= 0.3 is 0 Å². The Morgan fingerprint density at radius 3 is 3.09 bits per heavy atom. The molecular formula is C8H7Cl2N. The van der Waals surface area contributed by atoms with Crippen molar-refractivity contribution in [1.82, 2.24) is 4.98 Å². The summed E-state index contributed by atoms with van der Waals surface area (Å²) in [5, 5.41) is 0.712. The van der Waals surface area contributed by atoms with Gasteiger partial charge in [-0.05, 0) is 24.5 Å². The molecule has 58 valence electrons. The van der Waals surface area contributed by atoms with Crippen LogP contribution in [0.3, 0.4) is 0 Å². The molecule has 0 saturated carbocycles. The van der Waals surface area contributed by atoms with Crippen molar-refractivity contribution in [3.8, 4) is 0 Å². The van der Waals surface area contributed by atoms with Crippen molar-refractivity contribution in [2.24, 2.45) is 0 Å². The van der Waals surface area contributed by atoms with E-state index in [1.807, 2.05) is 6.07 Å². The van der Waals surface area contributed by atoms with Crippen molar-refractivity contribution in [3.05, 3.63) is 28.5 Å². The topological polar surface area (TPSA) is 12.9 Å². The minimum Gasteiger partial charge on any atom is -0.241 e. The largest absolute Gasteiger partial charge is 0.241 e. The van der Waals surface area contributed by atoms with Crippen molar-refractivity contribution >= 4 is 23.2 Å². The van der Waals surface area contributed by atoms with Crippen molar-refractivity contribution < 1.29 is 0 Å². The molecule has 1 nitrogen and oxygen atoms in total. The molecule has 1 heterocycles. The average Bonchev–Trinajstić information content (AvgIpc) is 2.32. The van der Waals surface area contributed by atoms with Gasteiger partial charge in [-0.2, -0.15) is 0 Å². The number of hydrogen-bond donors (Lipinski definition) is 0. The van der Waals surface area contributed by atoms with Crippen molar-refractivity contribution in [1.29, 1.82) is 0 Å². The summed E-state index contributed by atoms with van der Waals surface area (Å²) < 4.78 is 0. The fourth-order valence-electron chi connectivity index (χ4n) is 1.39. The number of alkyl halides is 1. The highest BCUT2D eigenvalue weighted by molar-refractivity contribution is 6.29. The van der Waals surface area contributed by atoms with Crippen LogP contribution < -0.4 is 0 Å². The zero-order valence-corrected chi connectivity index (χ0v) is 7.36. The van der Waals surface area contributed by atoms with Gasteiger partial charge in [-0.1, -0.05) is 17.7 Å². The van der Waals surface area contributed by atoms with E-state index in [1.54, 1.807) is 6.07 Å². The van der Waals surface area contributed by atoms with E-state index in [9.17, 15) is 0 Å². The molecular weight excluding hydrogens is 181 g/mol. The first-order valence-electron chi connectivity index (χ1n) is 3.57. The minimum absolute atomic E-state index is 0.148. The van der Waals surface area contributed by atoms with Crippen LogP contribution in [0.25, 0.3) is 0 Å². The van der Waals surface area contributed by atoms with E-state index >= 15 is 0 Å². The second-order valence-corrected chi connectivity index (χ2v) is 3.59. The summed E-state index contributed by atoms with van der Waals surface area (Å²) in [4.78, 5) is 4.19. The quantitative estimate of drug-likeness (QED) is 0.450. The molecule has 1 atom stereocenters. The highest BCUT2D eigenvalue weighted by Crippen LogP contribution is 2.35. The first-order valence-corrected chi connectivity index (χ1v) is 4.38. The second kappa shape index (κ2) is 2.65.